The van der Waals surface area contributed by atoms with Crippen molar-refractivity contribution >= 4 is 5.71 Å². The third-order valence-electron chi connectivity index (χ3n) is 5.20. The van der Waals surface area contributed by atoms with Crippen LogP contribution in [0.5, 0.6) is 0 Å². The van der Waals surface area contributed by atoms with Gasteiger partial charge in [0.05, 0.1) is 5.71 Å². The molecule has 4 saturated heterocycles. The van der Waals surface area contributed by atoms with E-state index in [0.29, 0.717) is 5.92 Å². The Kier molecular flexibility index (Phi) is 2.82. The second-order valence-corrected chi connectivity index (χ2v) is 6.62. The molecule has 2 unspecified atom stereocenters. The highest BCUT2D eigenvalue weighted by atomic mass is 15.3. The van der Waals surface area contributed by atoms with Gasteiger partial charge >= 0.3 is 0 Å². The lowest BCUT2D eigenvalue weighted by Gasteiger charge is -2.50. The normalized spacial score (nSPS) is 41.0. The summed E-state index contributed by atoms with van der Waals surface area (Å²) in [5.41, 5.74) is 2.81. The van der Waals surface area contributed by atoms with Crippen LogP contribution in [-0.2, 0) is 6.42 Å². The summed E-state index contributed by atoms with van der Waals surface area (Å²) in [6.45, 7) is 6.91. The van der Waals surface area contributed by atoms with Crippen molar-refractivity contribution in [1.29, 1.82) is 0 Å². The second kappa shape index (κ2) is 4.57. The molecule has 0 spiro atoms. The van der Waals surface area contributed by atoms with E-state index in [1.54, 1.807) is 0 Å². The second-order valence-electron chi connectivity index (χ2n) is 6.62. The van der Waals surface area contributed by atoms with E-state index in [0.717, 1.165) is 32.6 Å². The Morgan fingerprint density at radius 2 is 1.75 bits per heavy atom. The molecule has 0 amide bonds. The van der Waals surface area contributed by atoms with Crippen LogP contribution in [0.3, 0.4) is 0 Å². The van der Waals surface area contributed by atoms with Crippen LogP contribution in [-0.4, -0.2) is 54.8 Å². The van der Waals surface area contributed by atoms with Crippen molar-refractivity contribution in [2.75, 3.05) is 39.3 Å². The molecule has 1 aromatic carbocycles. The van der Waals surface area contributed by atoms with Crippen LogP contribution in [0, 0.1) is 11.3 Å². The largest absolute Gasteiger partial charge is 0.323 e. The minimum absolute atomic E-state index is 0.133. The molecule has 20 heavy (non-hydrogen) atoms. The van der Waals surface area contributed by atoms with E-state index in [1.165, 1.54) is 24.4 Å². The predicted octanol–water partition coefficient (Wildman–Crippen LogP) is 0.791. The average molecular weight is 270 g/mol. The Balaban J connectivity index is 1.73. The lowest BCUT2D eigenvalue weighted by Crippen LogP contribution is -2.62. The topological polar surface area (TPSA) is 44.9 Å². The van der Waals surface area contributed by atoms with Gasteiger partial charge in [0.15, 0.2) is 0 Å². The maximum absolute atomic E-state index is 5.79. The van der Waals surface area contributed by atoms with Crippen molar-refractivity contribution in [2.45, 2.75) is 6.42 Å². The summed E-state index contributed by atoms with van der Waals surface area (Å²) in [5.74, 6) is 6.33. The molecule has 1 aromatic rings. The molecule has 0 saturated carbocycles. The summed E-state index contributed by atoms with van der Waals surface area (Å²) in [4.78, 5) is 5.24. The number of rotatable bonds is 2. The van der Waals surface area contributed by atoms with E-state index in [4.69, 9.17) is 5.84 Å². The summed E-state index contributed by atoms with van der Waals surface area (Å²) >= 11 is 0. The van der Waals surface area contributed by atoms with Gasteiger partial charge in [-0.3, -0.25) is 0 Å². The van der Waals surface area contributed by atoms with Crippen molar-refractivity contribution in [3.8, 4) is 0 Å². The third-order valence-corrected chi connectivity index (χ3v) is 5.20. The molecule has 0 aliphatic carbocycles. The van der Waals surface area contributed by atoms with Gasteiger partial charge in [0.25, 0.3) is 0 Å². The van der Waals surface area contributed by atoms with Gasteiger partial charge in [0, 0.05) is 50.6 Å². The highest BCUT2D eigenvalue weighted by molar-refractivity contribution is 5.94. The van der Waals surface area contributed by atoms with Crippen molar-refractivity contribution in [1.82, 2.24) is 9.80 Å². The molecule has 4 nitrogen and oxygen atoms in total. The number of nitrogens with two attached hydrogens (primary N) is 1. The van der Waals surface area contributed by atoms with Crippen LogP contribution in [0.4, 0.5) is 0 Å². The van der Waals surface area contributed by atoms with Crippen molar-refractivity contribution < 1.29 is 0 Å². The summed E-state index contributed by atoms with van der Waals surface area (Å²) in [5, 5.41) is 4.26. The van der Waals surface area contributed by atoms with Gasteiger partial charge in [-0.05, 0) is 12.0 Å². The van der Waals surface area contributed by atoms with Gasteiger partial charge in [0.1, 0.15) is 0 Å². The summed E-state index contributed by atoms with van der Waals surface area (Å²) in [6.07, 6.45) is 1.06. The first kappa shape index (κ1) is 12.4. The molecule has 2 N–H and O–H groups in total. The van der Waals surface area contributed by atoms with Crippen molar-refractivity contribution in [2.24, 2.45) is 22.3 Å². The molecule has 106 valence electrons. The molecule has 4 aliphatic heterocycles. The van der Waals surface area contributed by atoms with E-state index < -0.39 is 0 Å². The SMILES string of the molecule is NN=C1C2CN3CCN(C2)CC1(Cc1ccccc1)C3. The Bertz CT molecular complexity index is 509. The maximum Gasteiger partial charge on any atom is 0.0522 e. The standard InChI is InChI=1S/C16H22N4/c17-18-15-14-9-19-6-7-20(10-14)12-16(15,11-19)8-13-4-2-1-3-5-13/h1-5,14H,6-12,17H2. The van der Waals surface area contributed by atoms with Crippen LogP contribution >= 0.6 is 0 Å². The Morgan fingerprint density at radius 3 is 2.35 bits per heavy atom. The van der Waals surface area contributed by atoms with Crippen LogP contribution < -0.4 is 5.84 Å². The molecular formula is C16H22N4. The fourth-order valence-corrected chi connectivity index (χ4v) is 4.54. The van der Waals surface area contributed by atoms with Crippen molar-refractivity contribution in [3.63, 3.8) is 0 Å². The Morgan fingerprint density at radius 1 is 1.10 bits per heavy atom. The molecule has 0 aromatic heterocycles. The first-order valence-electron chi connectivity index (χ1n) is 7.56. The molecular weight excluding hydrogens is 248 g/mol. The van der Waals surface area contributed by atoms with E-state index in [-0.39, 0.29) is 5.41 Å². The molecule has 2 atom stereocenters. The molecule has 4 fully saturated rings. The zero-order valence-corrected chi connectivity index (χ0v) is 11.8. The highest BCUT2D eigenvalue weighted by Crippen LogP contribution is 2.40. The van der Waals surface area contributed by atoms with E-state index in [2.05, 4.69) is 45.2 Å². The van der Waals surface area contributed by atoms with Gasteiger partial charge in [-0.1, -0.05) is 30.3 Å². The van der Waals surface area contributed by atoms with E-state index >= 15 is 0 Å². The fourth-order valence-electron chi connectivity index (χ4n) is 4.54. The fraction of sp³-hybridized carbons (Fsp3) is 0.562. The molecule has 0 radical (unpaired) electrons. The van der Waals surface area contributed by atoms with Crippen LogP contribution in [0.1, 0.15) is 5.56 Å². The van der Waals surface area contributed by atoms with Crippen LogP contribution in [0.2, 0.25) is 0 Å². The number of hydrogen-bond donors (Lipinski definition) is 1. The van der Waals surface area contributed by atoms with Crippen molar-refractivity contribution in [3.05, 3.63) is 35.9 Å². The Hall–Kier alpha value is -1.39. The quantitative estimate of drug-likeness (QED) is 0.638. The van der Waals surface area contributed by atoms with Gasteiger partial charge in [-0.2, -0.15) is 5.10 Å². The van der Waals surface area contributed by atoms with Gasteiger partial charge in [-0.15, -0.1) is 0 Å². The molecule has 4 heterocycles. The average Bonchev–Trinajstić information content (AvgIpc) is 2.68. The van der Waals surface area contributed by atoms with Crippen LogP contribution in [0.25, 0.3) is 0 Å². The Labute approximate surface area is 120 Å². The first-order valence-corrected chi connectivity index (χ1v) is 7.56. The van der Waals surface area contributed by atoms with Gasteiger partial charge < -0.3 is 15.6 Å². The number of nitrogens with zero attached hydrogens (tertiary/aromatic N) is 3. The summed E-state index contributed by atoms with van der Waals surface area (Å²) < 4.78 is 0. The van der Waals surface area contributed by atoms with E-state index in [9.17, 15) is 0 Å². The van der Waals surface area contributed by atoms with E-state index in [1.807, 2.05) is 0 Å². The summed E-state index contributed by atoms with van der Waals surface area (Å²) in [7, 11) is 0. The monoisotopic (exact) mass is 270 g/mol. The zero-order chi connectivity index (χ0) is 13.6. The lowest BCUT2D eigenvalue weighted by atomic mass is 9.67. The van der Waals surface area contributed by atoms with Crippen LogP contribution in [0.15, 0.2) is 35.4 Å². The first-order chi connectivity index (χ1) is 9.79. The summed E-state index contributed by atoms with van der Waals surface area (Å²) in [6, 6.07) is 10.8. The minimum atomic E-state index is 0.133. The smallest absolute Gasteiger partial charge is 0.0522 e. The highest BCUT2D eigenvalue weighted by Gasteiger charge is 2.51. The number of benzene rings is 1. The van der Waals surface area contributed by atoms with Gasteiger partial charge in [-0.25, -0.2) is 0 Å². The lowest BCUT2D eigenvalue weighted by molar-refractivity contribution is 0.117. The zero-order valence-electron chi connectivity index (χ0n) is 11.8. The molecule has 5 rings (SSSR count). The maximum atomic E-state index is 5.79. The number of hydrogen-bond acceptors (Lipinski definition) is 4. The predicted molar refractivity (Wildman–Crippen MR) is 80.6 cm³/mol. The molecule has 4 bridgehead atoms. The molecule has 4 aliphatic rings. The number of fused-ring (bicyclic) bond motifs is 1. The van der Waals surface area contributed by atoms with Gasteiger partial charge in [0.2, 0.25) is 0 Å². The number of hydrazone groups is 1. The molecule has 4 heteroatoms. The third kappa shape index (κ3) is 1.86. The minimum Gasteiger partial charge on any atom is -0.323 e. The number of piperidine rings is 2.